The molecule has 1 aromatic rings. The van der Waals surface area contributed by atoms with Crippen LogP contribution in [0.1, 0.15) is 11.1 Å². The molecule has 0 saturated heterocycles. The van der Waals surface area contributed by atoms with Gasteiger partial charge in [-0.3, -0.25) is 0 Å². The molecule has 1 nitrogen and oxygen atoms in total. The van der Waals surface area contributed by atoms with Crippen molar-refractivity contribution < 1.29 is 0 Å². The molecule has 56 valence electrons. The normalized spacial score (nSPS) is 9.27. The summed E-state index contributed by atoms with van der Waals surface area (Å²) in [4.78, 5) is 0.907. The molecule has 0 unspecified atom stereocenters. The van der Waals surface area contributed by atoms with Crippen LogP contribution in [-0.2, 0) is 0 Å². The third kappa shape index (κ3) is 1.68. The SMILES string of the molecule is Cc1c(C#N)ccc(I)c1S. The number of rotatable bonds is 0. The molecule has 0 heterocycles. The van der Waals surface area contributed by atoms with Crippen molar-refractivity contribution in [3.8, 4) is 6.07 Å². The number of nitriles is 1. The highest BCUT2D eigenvalue weighted by Gasteiger charge is 2.03. The van der Waals surface area contributed by atoms with Crippen LogP contribution in [0, 0.1) is 21.8 Å². The minimum absolute atomic E-state index is 0.704. The molecule has 1 rings (SSSR count). The van der Waals surface area contributed by atoms with Gasteiger partial charge in [0.05, 0.1) is 11.6 Å². The van der Waals surface area contributed by atoms with E-state index in [1.54, 1.807) is 0 Å². The molecule has 1 aromatic carbocycles. The van der Waals surface area contributed by atoms with Crippen molar-refractivity contribution in [1.82, 2.24) is 0 Å². The third-order valence-corrected chi connectivity index (χ3v) is 3.40. The summed E-state index contributed by atoms with van der Waals surface area (Å²) >= 11 is 6.47. The van der Waals surface area contributed by atoms with Crippen molar-refractivity contribution in [2.24, 2.45) is 0 Å². The molecule has 0 atom stereocenters. The van der Waals surface area contributed by atoms with Crippen molar-refractivity contribution in [2.45, 2.75) is 11.8 Å². The van der Waals surface area contributed by atoms with E-state index in [4.69, 9.17) is 5.26 Å². The number of nitrogens with zero attached hydrogens (tertiary/aromatic N) is 1. The van der Waals surface area contributed by atoms with Gasteiger partial charge in [-0.2, -0.15) is 5.26 Å². The first-order chi connectivity index (χ1) is 5.16. The lowest BCUT2D eigenvalue weighted by atomic mass is 10.1. The molecule has 0 aliphatic carbocycles. The zero-order chi connectivity index (χ0) is 8.43. The molecule has 0 aliphatic heterocycles. The van der Waals surface area contributed by atoms with Gasteiger partial charge in [-0.25, -0.2) is 0 Å². The summed E-state index contributed by atoms with van der Waals surface area (Å²) in [5, 5.41) is 8.65. The van der Waals surface area contributed by atoms with Crippen LogP contribution in [-0.4, -0.2) is 0 Å². The summed E-state index contributed by atoms with van der Waals surface area (Å²) in [6.07, 6.45) is 0. The molecular weight excluding hydrogens is 269 g/mol. The van der Waals surface area contributed by atoms with Crippen LogP contribution >= 0.6 is 35.2 Å². The Kier molecular flexibility index (Phi) is 2.79. The van der Waals surface area contributed by atoms with E-state index in [-0.39, 0.29) is 0 Å². The molecule has 3 heteroatoms. The number of halogens is 1. The monoisotopic (exact) mass is 275 g/mol. The van der Waals surface area contributed by atoms with Gasteiger partial charge in [-0.15, -0.1) is 12.6 Å². The van der Waals surface area contributed by atoms with E-state index >= 15 is 0 Å². The summed E-state index contributed by atoms with van der Waals surface area (Å²) < 4.78 is 1.09. The summed E-state index contributed by atoms with van der Waals surface area (Å²) in [7, 11) is 0. The second-order valence-corrected chi connectivity index (χ2v) is 3.79. The lowest BCUT2D eigenvalue weighted by Gasteiger charge is -2.02. The molecular formula is C8H6INS. The molecule has 0 N–H and O–H groups in total. The van der Waals surface area contributed by atoms with Crippen LogP contribution in [0.15, 0.2) is 17.0 Å². The standard InChI is InChI=1S/C8H6INS/c1-5-6(4-10)2-3-7(9)8(5)11/h2-3,11H,1H3. The average Bonchev–Trinajstić information content (AvgIpc) is 2.01. The fourth-order valence-corrected chi connectivity index (χ4v) is 1.57. The van der Waals surface area contributed by atoms with Gasteiger partial charge in [0.15, 0.2) is 0 Å². The summed E-state index contributed by atoms with van der Waals surface area (Å²) in [6, 6.07) is 5.82. The first-order valence-corrected chi connectivity index (χ1v) is 4.57. The van der Waals surface area contributed by atoms with Gasteiger partial charge in [-0.05, 0) is 47.2 Å². The van der Waals surface area contributed by atoms with E-state index in [1.165, 1.54) is 0 Å². The largest absolute Gasteiger partial charge is 0.192 e. The van der Waals surface area contributed by atoms with Gasteiger partial charge in [-0.1, -0.05) is 0 Å². The van der Waals surface area contributed by atoms with Crippen molar-refractivity contribution >= 4 is 35.2 Å². The summed E-state index contributed by atoms with van der Waals surface area (Å²) in [6.45, 7) is 1.91. The molecule has 0 fully saturated rings. The van der Waals surface area contributed by atoms with Crippen molar-refractivity contribution in [1.29, 1.82) is 5.26 Å². The van der Waals surface area contributed by atoms with Crippen LogP contribution < -0.4 is 0 Å². The topological polar surface area (TPSA) is 23.8 Å². The van der Waals surface area contributed by atoms with Crippen LogP contribution in [0.2, 0.25) is 0 Å². The van der Waals surface area contributed by atoms with Crippen molar-refractivity contribution in [2.75, 3.05) is 0 Å². The summed E-state index contributed by atoms with van der Waals surface area (Å²) in [5.74, 6) is 0. The highest BCUT2D eigenvalue weighted by atomic mass is 127. The highest BCUT2D eigenvalue weighted by Crippen LogP contribution is 2.22. The van der Waals surface area contributed by atoms with E-state index in [0.29, 0.717) is 5.56 Å². The predicted octanol–water partition coefficient (Wildman–Crippen LogP) is 2.76. The Labute approximate surface area is 85.0 Å². The Morgan fingerprint density at radius 1 is 1.55 bits per heavy atom. The lowest BCUT2D eigenvalue weighted by Crippen LogP contribution is -1.86. The Morgan fingerprint density at radius 3 is 2.73 bits per heavy atom. The molecule has 0 amide bonds. The Morgan fingerprint density at radius 2 is 2.18 bits per heavy atom. The quantitative estimate of drug-likeness (QED) is 0.571. The van der Waals surface area contributed by atoms with Crippen LogP contribution in [0.25, 0.3) is 0 Å². The molecule has 0 saturated carbocycles. The minimum atomic E-state index is 0.704. The molecule has 0 spiro atoms. The van der Waals surface area contributed by atoms with Gasteiger partial charge in [0.1, 0.15) is 0 Å². The lowest BCUT2D eigenvalue weighted by molar-refractivity contribution is 1.25. The molecule has 0 radical (unpaired) electrons. The Hall–Kier alpha value is -0.210. The third-order valence-electron chi connectivity index (χ3n) is 1.50. The average molecular weight is 275 g/mol. The van der Waals surface area contributed by atoms with Gasteiger partial charge >= 0.3 is 0 Å². The van der Waals surface area contributed by atoms with Crippen LogP contribution in [0.5, 0.6) is 0 Å². The first kappa shape index (κ1) is 8.88. The minimum Gasteiger partial charge on any atom is -0.192 e. The second-order valence-electron chi connectivity index (χ2n) is 2.18. The molecule has 0 aliphatic rings. The highest BCUT2D eigenvalue weighted by molar-refractivity contribution is 14.1. The van der Waals surface area contributed by atoms with E-state index in [0.717, 1.165) is 14.0 Å². The maximum Gasteiger partial charge on any atom is 0.0994 e. The predicted molar refractivity (Wildman–Crippen MR) is 55.9 cm³/mol. The fraction of sp³-hybridized carbons (Fsp3) is 0.125. The van der Waals surface area contributed by atoms with Crippen molar-refractivity contribution in [3.05, 3.63) is 26.8 Å². The Bertz CT molecular complexity index is 328. The summed E-state index contributed by atoms with van der Waals surface area (Å²) in [5.41, 5.74) is 1.66. The molecule has 11 heavy (non-hydrogen) atoms. The maximum absolute atomic E-state index is 8.65. The van der Waals surface area contributed by atoms with E-state index < -0.39 is 0 Å². The number of hydrogen-bond donors (Lipinski definition) is 1. The maximum atomic E-state index is 8.65. The van der Waals surface area contributed by atoms with E-state index in [9.17, 15) is 0 Å². The molecule has 0 bridgehead atoms. The van der Waals surface area contributed by atoms with Gasteiger partial charge in [0.2, 0.25) is 0 Å². The Balaban J connectivity index is 3.40. The van der Waals surface area contributed by atoms with Gasteiger partial charge in [0.25, 0.3) is 0 Å². The zero-order valence-electron chi connectivity index (χ0n) is 5.93. The smallest absolute Gasteiger partial charge is 0.0994 e. The van der Waals surface area contributed by atoms with Crippen molar-refractivity contribution in [3.63, 3.8) is 0 Å². The number of thiol groups is 1. The zero-order valence-corrected chi connectivity index (χ0v) is 8.98. The van der Waals surface area contributed by atoms with E-state index in [1.807, 2.05) is 19.1 Å². The van der Waals surface area contributed by atoms with E-state index in [2.05, 4.69) is 41.3 Å². The second kappa shape index (κ2) is 3.46. The first-order valence-electron chi connectivity index (χ1n) is 3.05. The number of benzene rings is 1. The molecule has 0 aromatic heterocycles. The van der Waals surface area contributed by atoms with Gasteiger partial charge < -0.3 is 0 Å². The number of hydrogen-bond acceptors (Lipinski definition) is 2. The van der Waals surface area contributed by atoms with Gasteiger partial charge in [0, 0.05) is 8.47 Å². The fourth-order valence-electron chi connectivity index (χ4n) is 0.788. The van der Waals surface area contributed by atoms with Crippen LogP contribution in [0.4, 0.5) is 0 Å². The van der Waals surface area contributed by atoms with Crippen LogP contribution in [0.3, 0.4) is 0 Å².